The number of nitrogens with zero attached hydrogens (tertiary/aromatic N) is 2. The molecule has 3 nitrogen and oxygen atoms in total. The number of pyridine rings is 1. The molecule has 3 heteroatoms. The summed E-state index contributed by atoms with van der Waals surface area (Å²) >= 11 is 0. The molecule has 11 heavy (non-hydrogen) atoms. The van der Waals surface area contributed by atoms with E-state index in [4.69, 9.17) is 4.52 Å². The summed E-state index contributed by atoms with van der Waals surface area (Å²) in [4.78, 5) is 4.21. The minimum Gasteiger partial charge on any atom is -0.336 e. The largest absolute Gasteiger partial charge is 0.336 e. The average molecular weight is 148 g/mol. The Labute approximate surface area is 64.0 Å². The molecule has 2 aromatic rings. The second kappa shape index (κ2) is 2.05. The molecule has 0 aliphatic rings. The molecule has 0 aliphatic heterocycles. The molecule has 0 N–H and O–H groups in total. The van der Waals surface area contributed by atoms with Gasteiger partial charge in [0, 0.05) is 5.69 Å². The van der Waals surface area contributed by atoms with Crippen LogP contribution in [0.15, 0.2) is 16.8 Å². The van der Waals surface area contributed by atoms with Crippen molar-refractivity contribution in [2.45, 2.75) is 13.8 Å². The Morgan fingerprint density at radius 1 is 1.36 bits per heavy atom. The molecule has 0 bridgehead atoms. The number of rotatable bonds is 0. The average Bonchev–Trinajstić information content (AvgIpc) is 2.36. The zero-order chi connectivity index (χ0) is 7.84. The van der Waals surface area contributed by atoms with Gasteiger partial charge in [-0.25, -0.2) is 4.98 Å². The van der Waals surface area contributed by atoms with Crippen molar-refractivity contribution >= 4 is 11.1 Å². The van der Waals surface area contributed by atoms with Crippen LogP contribution in [-0.2, 0) is 0 Å². The molecule has 0 radical (unpaired) electrons. The van der Waals surface area contributed by atoms with E-state index >= 15 is 0 Å². The predicted molar refractivity (Wildman–Crippen MR) is 41.3 cm³/mol. The Kier molecular flexibility index (Phi) is 1.18. The molecule has 0 unspecified atom stereocenters. The highest BCUT2D eigenvalue weighted by atomic mass is 16.5. The molecule has 0 aliphatic carbocycles. The van der Waals surface area contributed by atoms with Crippen LogP contribution in [-0.4, -0.2) is 10.1 Å². The van der Waals surface area contributed by atoms with Crippen LogP contribution >= 0.6 is 0 Å². The maximum Gasteiger partial charge on any atom is 0.257 e. The summed E-state index contributed by atoms with van der Waals surface area (Å²) in [5, 5.41) is 4.61. The molecule has 0 saturated carbocycles. The second-order valence-corrected chi connectivity index (χ2v) is 2.61. The van der Waals surface area contributed by atoms with E-state index in [0.29, 0.717) is 5.71 Å². The van der Waals surface area contributed by atoms with Crippen LogP contribution in [0.2, 0.25) is 0 Å². The van der Waals surface area contributed by atoms with E-state index in [1.54, 1.807) is 6.20 Å². The first-order valence-electron chi connectivity index (χ1n) is 3.46. The Hall–Kier alpha value is -1.38. The number of aromatic nitrogens is 2. The van der Waals surface area contributed by atoms with Crippen molar-refractivity contribution in [2.75, 3.05) is 0 Å². The monoisotopic (exact) mass is 148 g/mol. The Morgan fingerprint density at radius 2 is 2.18 bits per heavy atom. The van der Waals surface area contributed by atoms with E-state index in [1.165, 1.54) is 5.56 Å². The van der Waals surface area contributed by atoms with Gasteiger partial charge in [-0.1, -0.05) is 5.16 Å². The highest BCUT2D eigenvalue weighted by molar-refractivity contribution is 5.72. The van der Waals surface area contributed by atoms with Gasteiger partial charge in [-0.3, -0.25) is 0 Å². The smallest absolute Gasteiger partial charge is 0.257 e. The molecule has 0 amide bonds. The predicted octanol–water partition coefficient (Wildman–Crippen LogP) is 1.84. The van der Waals surface area contributed by atoms with Crippen molar-refractivity contribution in [3.63, 3.8) is 0 Å². The first-order valence-corrected chi connectivity index (χ1v) is 3.46. The quantitative estimate of drug-likeness (QED) is 0.572. The van der Waals surface area contributed by atoms with E-state index in [1.807, 2.05) is 19.9 Å². The van der Waals surface area contributed by atoms with Gasteiger partial charge in [0.05, 0.1) is 11.6 Å². The fourth-order valence-corrected chi connectivity index (χ4v) is 1.00. The van der Waals surface area contributed by atoms with E-state index in [9.17, 15) is 0 Å². The Morgan fingerprint density at radius 3 is 3.00 bits per heavy atom. The highest BCUT2D eigenvalue weighted by Crippen LogP contribution is 2.14. The third kappa shape index (κ3) is 0.888. The van der Waals surface area contributed by atoms with Gasteiger partial charge in [-0.15, -0.1) is 0 Å². The second-order valence-electron chi connectivity index (χ2n) is 2.61. The van der Waals surface area contributed by atoms with Gasteiger partial charge in [0.2, 0.25) is 0 Å². The molecule has 0 spiro atoms. The summed E-state index contributed by atoms with van der Waals surface area (Å²) < 4.78 is 4.89. The number of aryl methyl sites for hydroxylation is 2. The molecule has 0 saturated heterocycles. The summed E-state index contributed by atoms with van der Waals surface area (Å²) in [6.45, 7) is 3.98. The van der Waals surface area contributed by atoms with Crippen LogP contribution in [0.1, 0.15) is 11.3 Å². The van der Waals surface area contributed by atoms with Crippen LogP contribution in [0, 0.1) is 13.8 Å². The first-order chi connectivity index (χ1) is 5.27. The molecule has 0 fully saturated rings. The first kappa shape index (κ1) is 6.34. The van der Waals surface area contributed by atoms with Gasteiger partial charge in [0.15, 0.2) is 0 Å². The van der Waals surface area contributed by atoms with Crippen molar-refractivity contribution < 1.29 is 4.52 Å². The molecular formula is C8H8N2O. The van der Waals surface area contributed by atoms with Crippen LogP contribution in [0.3, 0.4) is 0 Å². The molecule has 2 rings (SSSR count). The normalized spacial score (nSPS) is 10.7. The lowest BCUT2D eigenvalue weighted by Gasteiger charge is -1.94. The number of hydrogen-bond acceptors (Lipinski definition) is 3. The summed E-state index contributed by atoms with van der Waals surface area (Å²) in [5.74, 6) is 0. The molecule has 2 aromatic heterocycles. The van der Waals surface area contributed by atoms with Gasteiger partial charge in [-0.05, 0) is 25.5 Å². The van der Waals surface area contributed by atoms with E-state index in [2.05, 4.69) is 10.1 Å². The van der Waals surface area contributed by atoms with Gasteiger partial charge in [0.25, 0.3) is 5.71 Å². The SMILES string of the molecule is Cc1cc2cnoc2nc1C. The minimum absolute atomic E-state index is 0.619. The molecule has 56 valence electrons. The lowest BCUT2D eigenvalue weighted by Crippen LogP contribution is -1.84. The fraction of sp³-hybridized carbons (Fsp3) is 0.250. The van der Waals surface area contributed by atoms with E-state index < -0.39 is 0 Å². The number of fused-ring (bicyclic) bond motifs is 1. The van der Waals surface area contributed by atoms with E-state index in [-0.39, 0.29) is 0 Å². The summed E-state index contributed by atoms with van der Waals surface area (Å²) in [7, 11) is 0. The number of hydrogen-bond donors (Lipinski definition) is 0. The van der Waals surface area contributed by atoms with Gasteiger partial charge in [-0.2, -0.15) is 0 Å². The van der Waals surface area contributed by atoms with E-state index in [0.717, 1.165) is 11.1 Å². The fourth-order valence-electron chi connectivity index (χ4n) is 1.00. The zero-order valence-electron chi connectivity index (χ0n) is 6.46. The lowest BCUT2D eigenvalue weighted by atomic mass is 10.2. The molecule has 0 atom stereocenters. The van der Waals surface area contributed by atoms with Crippen molar-refractivity contribution in [1.82, 2.24) is 10.1 Å². The third-order valence-electron chi connectivity index (χ3n) is 1.79. The van der Waals surface area contributed by atoms with Gasteiger partial charge < -0.3 is 4.52 Å². The summed E-state index contributed by atoms with van der Waals surface area (Å²) in [6, 6.07) is 2.02. The topological polar surface area (TPSA) is 38.9 Å². The highest BCUT2D eigenvalue weighted by Gasteiger charge is 2.01. The summed E-state index contributed by atoms with van der Waals surface area (Å²) in [5.41, 5.74) is 2.78. The van der Waals surface area contributed by atoms with Gasteiger partial charge in [0.1, 0.15) is 0 Å². The van der Waals surface area contributed by atoms with Crippen LogP contribution in [0.5, 0.6) is 0 Å². The zero-order valence-corrected chi connectivity index (χ0v) is 6.46. The molecular weight excluding hydrogens is 140 g/mol. The Balaban J connectivity index is 2.86. The maximum absolute atomic E-state index is 4.89. The molecule has 0 aromatic carbocycles. The van der Waals surface area contributed by atoms with Crippen molar-refractivity contribution in [2.24, 2.45) is 0 Å². The van der Waals surface area contributed by atoms with Crippen molar-refractivity contribution in [1.29, 1.82) is 0 Å². The van der Waals surface area contributed by atoms with Crippen molar-refractivity contribution in [3.8, 4) is 0 Å². The Bertz CT molecular complexity index is 356. The lowest BCUT2D eigenvalue weighted by molar-refractivity contribution is 0.448. The van der Waals surface area contributed by atoms with Crippen molar-refractivity contribution in [3.05, 3.63) is 23.5 Å². The maximum atomic E-state index is 4.89. The molecule has 2 heterocycles. The van der Waals surface area contributed by atoms with Crippen LogP contribution < -0.4 is 0 Å². The van der Waals surface area contributed by atoms with Crippen LogP contribution in [0.25, 0.3) is 11.1 Å². The van der Waals surface area contributed by atoms with Gasteiger partial charge >= 0.3 is 0 Å². The minimum atomic E-state index is 0.619. The van der Waals surface area contributed by atoms with Crippen LogP contribution in [0.4, 0.5) is 0 Å². The standard InChI is InChI=1S/C8H8N2O/c1-5-3-7-4-9-11-8(7)10-6(5)2/h3-4H,1-2H3. The summed E-state index contributed by atoms with van der Waals surface area (Å²) in [6.07, 6.45) is 1.68. The third-order valence-corrected chi connectivity index (χ3v) is 1.79.